The molecule has 3 nitrogen and oxygen atoms in total. The fraction of sp³-hybridized carbons (Fsp3) is 0.100. The van der Waals surface area contributed by atoms with E-state index in [1.54, 1.807) is 0 Å². The van der Waals surface area contributed by atoms with Crippen molar-refractivity contribution < 1.29 is 18.0 Å². The third kappa shape index (κ3) is 2.75. The number of nitrogens with zero attached hydrogens (tertiary/aromatic N) is 2. The molecule has 2 rings (SSSR count). The molecule has 94 valence electrons. The van der Waals surface area contributed by atoms with Gasteiger partial charge in [-0.25, -0.2) is 4.98 Å². The first-order chi connectivity index (χ1) is 8.38. The normalized spacial score (nSPS) is 11.6. The Morgan fingerprint density at radius 3 is 2.56 bits per heavy atom. The van der Waals surface area contributed by atoms with Gasteiger partial charge < -0.3 is 0 Å². The maximum absolute atomic E-state index is 12.3. The van der Waals surface area contributed by atoms with Gasteiger partial charge in [-0.1, -0.05) is 0 Å². The predicted molar refractivity (Wildman–Crippen MR) is 62.5 cm³/mol. The first-order valence-electron chi connectivity index (χ1n) is 4.56. The standard InChI is InChI=1S/C10H4BrF3N2OS/c11-6-1-5(2-15-3-6)8(17)7-4-16-9(18-7)10(12,13)14/h1-4H. The number of thiazole rings is 1. The molecule has 0 aliphatic heterocycles. The van der Waals surface area contributed by atoms with Crippen LogP contribution in [0.2, 0.25) is 0 Å². The van der Waals surface area contributed by atoms with Crippen LogP contribution in [0.3, 0.4) is 0 Å². The summed E-state index contributed by atoms with van der Waals surface area (Å²) in [5.41, 5.74) is 0.210. The molecule has 2 aromatic heterocycles. The number of halogens is 4. The Labute approximate surface area is 112 Å². The molecule has 0 radical (unpaired) electrons. The van der Waals surface area contributed by atoms with Crippen LogP contribution in [-0.2, 0) is 6.18 Å². The summed E-state index contributed by atoms with van der Waals surface area (Å²) in [6.07, 6.45) is -0.833. The van der Waals surface area contributed by atoms with Gasteiger partial charge >= 0.3 is 6.18 Å². The second-order valence-corrected chi connectivity index (χ2v) is 5.19. The lowest BCUT2D eigenvalue weighted by molar-refractivity contribution is -0.137. The molecule has 8 heteroatoms. The van der Waals surface area contributed by atoms with Gasteiger partial charge in [0.25, 0.3) is 0 Å². The Morgan fingerprint density at radius 1 is 1.28 bits per heavy atom. The van der Waals surface area contributed by atoms with Crippen LogP contribution in [0.5, 0.6) is 0 Å². The highest BCUT2D eigenvalue weighted by atomic mass is 79.9. The molecule has 0 aliphatic carbocycles. The van der Waals surface area contributed by atoms with Gasteiger partial charge in [0.2, 0.25) is 5.78 Å². The van der Waals surface area contributed by atoms with Crippen LogP contribution in [-0.4, -0.2) is 15.8 Å². The van der Waals surface area contributed by atoms with Crippen molar-refractivity contribution in [1.82, 2.24) is 9.97 Å². The maximum atomic E-state index is 12.3. The van der Waals surface area contributed by atoms with Crippen LogP contribution < -0.4 is 0 Å². The lowest BCUT2D eigenvalue weighted by Gasteiger charge is -1.99. The zero-order chi connectivity index (χ0) is 13.3. The zero-order valence-electron chi connectivity index (χ0n) is 8.53. The average molecular weight is 337 g/mol. The van der Waals surface area contributed by atoms with Gasteiger partial charge in [-0.3, -0.25) is 9.78 Å². The van der Waals surface area contributed by atoms with E-state index in [4.69, 9.17) is 0 Å². The fourth-order valence-electron chi connectivity index (χ4n) is 1.19. The molecule has 2 aromatic rings. The van der Waals surface area contributed by atoms with Gasteiger partial charge in [-0.15, -0.1) is 11.3 Å². The summed E-state index contributed by atoms with van der Waals surface area (Å²) in [5, 5.41) is -1.03. The van der Waals surface area contributed by atoms with E-state index in [1.807, 2.05) is 0 Å². The van der Waals surface area contributed by atoms with Crippen LogP contribution in [0, 0.1) is 0 Å². The predicted octanol–water partition coefficient (Wildman–Crippen LogP) is 3.55. The number of pyridine rings is 1. The number of alkyl halides is 3. The van der Waals surface area contributed by atoms with Crippen LogP contribution in [0.15, 0.2) is 29.1 Å². The Kier molecular flexibility index (Phi) is 3.49. The molecule has 0 N–H and O–H groups in total. The van der Waals surface area contributed by atoms with E-state index >= 15 is 0 Å². The number of aromatic nitrogens is 2. The van der Waals surface area contributed by atoms with Gasteiger partial charge in [0.15, 0.2) is 5.01 Å². The van der Waals surface area contributed by atoms with E-state index in [9.17, 15) is 18.0 Å². The molecular weight excluding hydrogens is 333 g/mol. The van der Waals surface area contributed by atoms with Crippen molar-refractivity contribution in [2.24, 2.45) is 0 Å². The number of carbonyl (C=O) groups excluding carboxylic acids is 1. The van der Waals surface area contributed by atoms with Crippen LogP contribution in [0.25, 0.3) is 0 Å². The van der Waals surface area contributed by atoms with Crippen molar-refractivity contribution in [3.63, 3.8) is 0 Å². The van der Waals surface area contributed by atoms with Crippen molar-refractivity contribution in [3.05, 3.63) is 44.6 Å². The lowest BCUT2D eigenvalue weighted by Crippen LogP contribution is -2.03. The molecule has 0 aromatic carbocycles. The molecule has 18 heavy (non-hydrogen) atoms. The van der Waals surface area contributed by atoms with E-state index in [-0.39, 0.29) is 10.4 Å². The monoisotopic (exact) mass is 336 g/mol. The van der Waals surface area contributed by atoms with E-state index in [1.165, 1.54) is 18.5 Å². The summed E-state index contributed by atoms with van der Waals surface area (Å²) < 4.78 is 37.6. The number of rotatable bonds is 2. The van der Waals surface area contributed by atoms with Gasteiger partial charge in [-0.2, -0.15) is 13.2 Å². The Morgan fingerprint density at radius 2 is 2.00 bits per heavy atom. The van der Waals surface area contributed by atoms with E-state index in [0.717, 1.165) is 6.20 Å². The van der Waals surface area contributed by atoms with Crippen LogP contribution in [0.4, 0.5) is 13.2 Å². The summed E-state index contributed by atoms with van der Waals surface area (Å²) in [7, 11) is 0. The number of carbonyl (C=O) groups is 1. The summed E-state index contributed by atoms with van der Waals surface area (Å²) in [4.78, 5) is 18.8. The number of hydrogen-bond acceptors (Lipinski definition) is 4. The van der Waals surface area contributed by atoms with Crippen molar-refractivity contribution >= 4 is 33.0 Å². The Hall–Kier alpha value is -1.28. The Bertz CT molecular complexity index is 597. The van der Waals surface area contributed by atoms with E-state index < -0.39 is 17.0 Å². The molecule has 2 heterocycles. The van der Waals surface area contributed by atoms with Gasteiger partial charge in [0.05, 0.1) is 4.88 Å². The third-order valence-electron chi connectivity index (χ3n) is 1.94. The van der Waals surface area contributed by atoms with Gasteiger partial charge in [-0.05, 0) is 22.0 Å². The smallest absolute Gasteiger partial charge is 0.288 e. The van der Waals surface area contributed by atoms with Crippen molar-refractivity contribution in [2.45, 2.75) is 6.18 Å². The van der Waals surface area contributed by atoms with E-state index in [2.05, 4.69) is 25.9 Å². The van der Waals surface area contributed by atoms with Crippen molar-refractivity contribution in [1.29, 1.82) is 0 Å². The molecule has 0 aliphatic rings. The molecule has 0 spiro atoms. The largest absolute Gasteiger partial charge is 0.443 e. The summed E-state index contributed by atoms with van der Waals surface area (Å²) in [5.74, 6) is -0.531. The molecule has 0 saturated heterocycles. The molecule has 0 atom stereocenters. The van der Waals surface area contributed by atoms with E-state index in [0.29, 0.717) is 15.8 Å². The van der Waals surface area contributed by atoms with Crippen LogP contribution in [0.1, 0.15) is 20.2 Å². The topological polar surface area (TPSA) is 42.9 Å². The number of hydrogen-bond donors (Lipinski definition) is 0. The van der Waals surface area contributed by atoms with Crippen LogP contribution >= 0.6 is 27.3 Å². The highest BCUT2D eigenvalue weighted by molar-refractivity contribution is 9.10. The van der Waals surface area contributed by atoms with Gasteiger partial charge in [0.1, 0.15) is 0 Å². The summed E-state index contributed by atoms with van der Waals surface area (Å²) >= 11 is 3.45. The zero-order valence-corrected chi connectivity index (χ0v) is 10.9. The third-order valence-corrected chi connectivity index (χ3v) is 3.41. The molecule has 0 unspecified atom stereocenters. The average Bonchev–Trinajstić information content (AvgIpc) is 2.77. The molecule has 0 bridgehead atoms. The van der Waals surface area contributed by atoms with Crippen molar-refractivity contribution in [3.8, 4) is 0 Å². The summed E-state index contributed by atoms with van der Waals surface area (Å²) in [6, 6.07) is 1.49. The summed E-state index contributed by atoms with van der Waals surface area (Å²) in [6.45, 7) is 0. The minimum Gasteiger partial charge on any atom is -0.288 e. The second kappa shape index (κ2) is 4.77. The Balaban J connectivity index is 2.33. The molecule has 0 saturated carbocycles. The molecular formula is C10H4BrF3N2OS. The minimum atomic E-state index is -4.53. The highest BCUT2D eigenvalue weighted by Crippen LogP contribution is 2.33. The first kappa shape index (κ1) is 13.2. The highest BCUT2D eigenvalue weighted by Gasteiger charge is 2.35. The van der Waals surface area contributed by atoms with Crippen molar-refractivity contribution in [2.75, 3.05) is 0 Å². The first-order valence-corrected chi connectivity index (χ1v) is 6.17. The van der Waals surface area contributed by atoms with Gasteiger partial charge in [0, 0.05) is 28.6 Å². The quantitative estimate of drug-likeness (QED) is 0.787. The lowest BCUT2D eigenvalue weighted by atomic mass is 10.2. The SMILES string of the molecule is O=C(c1cncc(Br)c1)c1cnc(C(F)(F)F)s1. The minimum absolute atomic E-state index is 0.0674. The molecule has 0 amide bonds. The number of ketones is 1. The molecule has 0 fully saturated rings. The second-order valence-electron chi connectivity index (χ2n) is 3.25. The maximum Gasteiger partial charge on any atom is 0.443 e. The fourth-order valence-corrected chi connectivity index (χ4v) is 2.30.